The van der Waals surface area contributed by atoms with Gasteiger partial charge in [0.15, 0.2) is 0 Å². The smallest absolute Gasteiger partial charge is 0.140 e. The molecule has 5 nitrogen and oxygen atoms in total. The molecule has 30 heavy (non-hydrogen) atoms. The highest BCUT2D eigenvalue weighted by Crippen LogP contribution is 2.31. The number of nitrogens with zero attached hydrogens (tertiary/aromatic N) is 3. The normalized spacial score (nSPS) is 11.7. The zero-order valence-corrected chi connectivity index (χ0v) is 18.8. The Labute approximate surface area is 178 Å². The van der Waals surface area contributed by atoms with Crippen molar-refractivity contribution in [3.63, 3.8) is 0 Å². The fourth-order valence-corrected chi connectivity index (χ4v) is 4.05. The van der Waals surface area contributed by atoms with Crippen molar-refractivity contribution in [1.82, 2.24) is 14.8 Å². The van der Waals surface area contributed by atoms with E-state index < -0.39 is 8.07 Å². The first-order chi connectivity index (χ1) is 14.5. The first-order valence-electron chi connectivity index (χ1n) is 10.3. The molecule has 1 N–H and O–H groups in total. The standard InChI is InChI=1S/C24H28N4OSi/c1-30(2,3)16-15-29-18-28-23-10-9-21(26-20-7-5-4-6-8-20)17-22(23)24(27-28)19-11-13-25-14-12-19/h4-14,17,26H,15-16,18H2,1-3H3. The predicted octanol–water partition coefficient (Wildman–Crippen LogP) is 6.15. The second-order valence-electron chi connectivity index (χ2n) is 8.65. The van der Waals surface area contributed by atoms with Gasteiger partial charge in [0.05, 0.1) is 5.52 Å². The monoisotopic (exact) mass is 416 g/mol. The Hall–Kier alpha value is -2.96. The van der Waals surface area contributed by atoms with Crippen LogP contribution in [0.1, 0.15) is 0 Å². The summed E-state index contributed by atoms with van der Waals surface area (Å²) in [5.41, 5.74) is 5.15. The van der Waals surface area contributed by atoms with Gasteiger partial charge in [-0.2, -0.15) is 5.10 Å². The molecule has 4 rings (SSSR count). The first-order valence-corrected chi connectivity index (χ1v) is 14.0. The van der Waals surface area contributed by atoms with Gasteiger partial charge in [0.2, 0.25) is 0 Å². The molecule has 2 aromatic carbocycles. The first kappa shape index (κ1) is 20.3. The lowest BCUT2D eigenvalue weighted by Gasteiger charge is -2.15. The van der Waals surface area contributed by atoms with E-state index in [0.29, 0.717) is 6.73 Å². The van der Waals surface area contributed by atoms with Gasteiger partial charge in [-0.15, -0.1) is 0 Å². The Bertz CT molecular complexity index is 1100. The minimum atomic E-state index is -1.11. The maximum atomic E-state index is 5.99. The molecule has 154 valence electrons. The van der Waals surface area contributed by atoms with Gasteiger partial charge in [-0.05, 0) is 48.5 Å². The SMILES string of the molecule is C[Si](C)(C)CCOCn1nc(-c2ccncc2)c2cc(Nc3ccccc3)ccc21. The Balaban J connectivity index is 1.65. The molecule has 2 heterocycles. The van der Waals surface area contributed by atoms with Crippen molar-refractivity contribution in [3.8, 4) is 11.3 Å². The van der Waals surface area contributed by atoms with Crippen LogP contribution in [0.3, 0.4) is 0 Å². The van der Waals surface area contributed by atoms with Crippen molar-refractivity contribution in [2.45, 2.75) is 32.4 Å². The Kier molecular flexibility index (Phi) is 5.97. The second-order valence-corrected chi connectivity index (χ2v) is 14.3. The van der Waals surface area contributed by atoms with Crippen molar-refractivity contribution in [3.05, 3.63) is 73.1 Å². The number of para-hydroxylation sites is 1. The molecule has 6 heteroatoms. The highest BCUT2D eigenvalue weighted by atomic mass is 28.3. The van der Waals surface area contributed by atoms with Crippen LogP contribution in [-0.4, -0.2) is 29.4 Å². The number of hydrogen-bond donors (Lipinski definition) is 1. The fourth-order valence-electron chi connectivity index (χ4n) is 3.30. The van der Waals surface area contributed by atoms with E-state index in [2.05, 4.69) is 60.3 Å². The van der Waals surface area contributed by atoms with Crippen molar-refractivity contribution >= 4 is 30.4 Å². The van der Waals surface area contributed by atoms with Gasteiger partial charge >= 0.3 is 0 Å². The molecule has 0 bridgehead atoms. The van der Waals surface area contributed by atoms with Crippen molar-refractivity contribution in [2.75, 3.05) is 11.9 Å². The summed E-state index contributed by atoms with van der Waals surface area (Å²) >= 11 is 0. The molecule has 0 fully saturated rings. The topological polar surface area (TPSA) is 52.0 Å². The van der Waals surface area contributed by atoms with Gasteiger partial charge in [-0.3, -0.25) is 4.98 Å². The number of fused-ring (bicyclic) bond motifs is 1. The van der Waals surface area contributed by atoms with Crippen LogP contribution >= 0.6 is 0 Å². The maximum absolute atomic E-state index is 5.99. The van der Waals surface area contributed by atoms with E-state index >= 15 is 0 Å². The van der Waals surface area contributed by atoms with Crippen molar-refractivity contribution < 1.29 is 4.74 Å². The van der Waals surface area contributed by atoms with E-state index in [-0.39, 0.29) is 0 Å². The summed E-state index contributed by atoms with van der Waals surface area (Å²) in [5.74, 6) is 0. The van der Waals surface area contributed by atoms with Gasteiger partial charge < -0.3 is 10.1 Å². The molecular formula is C24H28N4OSi. The van der Waals surface area contributed by atoms with E-state index in [1.165, 1.54) is 0 Å². The third kappa shape index (κ3) is 4.95. The van der Waals surface area contributed by atoms with Gasteiger partial charge in [0, 0.05) is 49.4 Å². The molecule has 0 saturated carbocycles. The lowest BCUT2D eigenvalue weighted by molar-refractivity contribution is 0.0818. The molecule has 0 atom stereocenters. The number of rotatable bonds is 8. The van der Waals surface area contributed by atoms with Gasteiger partial charge in [-0.1, -0.05) is 37.8 Å². The molecule has 0 spiro atoms. The number of benzene rings is 2. The van der Waals surface area contributed by atoms with Gasteiger partial charge in [0.25, 0.3) is 0 Å². The Morgan fingerprint density at radius 3 is 2.43 bits per heavy atom. The summed E-state index contributed by atoms with van der Waals surface area (Å²) in [6.07, 6.45) is 3.60. The third-order valence-corrected chi connectivity index (χ3v) is 6.68. The van der Waals surface area contributed by atoms with Gasteiger partial charge in [0.1, 0.15) is 12.4 Å². The lowest BCUT2D eigenvalue weighted by Crippen LogP contribution is -2.22. The second kappa shape index (κ2) is 8.81. The number of hydrogen-bond acceptors (Lipinski definition) is 4. The zero-order valence-electron chi connectivity index (χ0n) is 17.8. The number of anilines is 2. The summed E-state index contributed by atoms with van der Waals surface area (Å²) in [6.45, 7) is 8.32. The number of pyridine rings is 1. The molecule has 2 aromatic heterocycles. The predicted molar refractivity (Wildman–Crippen MR) is 127 cm³/mol. The molecule has 0 amide bonds. The summed E-state index contributed by atoms with van der Waals surface area (Å²) in [6, 6.07) is 21.7. The highest BCUT2D eigenvalue weighted by Gasteiger charge is 2.15. The van der Waals surface area contributed by atoms with Crippen LogP contribution in [0.2, 0.25) is 25.7 Å². The number of nitrogens with one attached hydrogen (secondary N) is 1. The highest BCUT2D eigenvalue weighted by molar-refractivity contribution is 6.76. The quantitative estimate of drug-likeness (QED) is 0.276. The molecular weight excluding hydrogens is 388 g/mol. The van der Waals surface area contributed by atoms with Crippen LogP contribution in [0, 0.1) is 0 Å². The molecule has 0 unspecified atom stereocenters. The van der Waals surface area contributed by atoms with Crippen LogP contribution in [0.25, 0.3) is 22.2 Å². The summed E-state index contributed by atoms with van der Waals surface area (Å²) < 4.78 is 7.95. The van der Waals surface area contributed by atoms with Gasteiger partial charge in [-0.25, -0.2) is 4.68 Å². The summed E-state index contributed by atoms with van der Waals surface area (Å²) in [4.78, 5) is 4.15. The van der Waals surface area contributed by atoms with Crippen LogP contribution in [0.15, 0.2) is 73.1 Å². The van der Waals surface area contributed by atoms with Crippen LogP contribution in [-0.2, 0) is 11.5 Å². The third-order valence-electron chi connectivity index (χ3n) is 4.98. The zero-order chi connectivity index (χ0) is 21.0. The molecule has 0 radical (unpaired) electrons. The minimum Gasteiger partial charge on any atom is -0.360 e. The molecule has 0 aliphatic carbocycles. The average Bonchev–Trinajstić information content (AvgIpc) is 3.10. The Morgan fingerprint density at radius 2 is 1.70 bits per heavy atom. The lowest BCUT2D eigenvalue weighted by atomic mass is 10.1. The summed E-state index contributed by atoms with van der Waals surface area (Å²) in [7, 11) is -1.11. The van der Waals surface area contributed by atoms with Crippen molar-refractivity contribution in [1.29, 1.82) is 0 Å². The molecule has 0 aliphatic heterocycles. The Morgan fingerprint density at radius 1 is 0.933 bits per heavy atom. The maximum Gasteiger partial charge on any atom is 0.140 e. The van der Waals surface area contributed by atoms with E-state index in [1.807, 2.05) is 35.0 Å². The van der Waals surface area contributed by atoms with E-state index in [9.17, 15) is 0 Å². The number of ether oxygens (including phenoxy) is 1. The largest absolute Gasteiger partial charge is 0.360 e. The van der Waals surface area contributed by atoms with Crippen LogP contribution in [0.4, 0.5) is 11.4 Å². The van der Waals surface area contributed by atoms with Crippen LogP contribution in [0.5, 0.6) is 0 Å². The fraction of sp³-hybridized carbons (Fsp3) is 0.250. The molecule has 0 aliphatic rings. The minimum absolute atomic E-state index is 0.456. The number of aromatic nitrogens is 3. The molecule has 4 aromatic rings. The van der Waals surface area contributed by atoms with E-state index in [1.54, 1.807) is 12.4 Å². The van der Waals surface area contributed by atoms with Crippen molar-refractivity contribution in [2.24, 2.45) is 0 Å². The van der Waals surface area contributed by atoms with Crippen LogP contribution < -0.4 is 5.32 Å². The molecule has 0 saturated heterocycles. The summed E-state index contributed by atoms with van der Waals surface area (Å²) in [5, 5.41) is 9.46. The average molecular weight is 417 g/mol. The van der Waals surface area contributed by atoms with E-state index in [4.69, 9.17) is 9.84 Å². The van der Waals surface area contributed by atoms with E-state index in [0.717, 1.165) is 46.2 Å².